The summed E-state index contributed by atoms with van der Waals surface area (Å²) in [4.78, 5) is 3.55. The number of pyridine rings is 1. The third-order valence-corrected chi connectivity index (χ3v) is 3.82. The molecule has 0 aliphatic carbocycles. The van der Waals surface area contributed by atoms with Gasteiger partial charge in [0.25, 0.3) is 6.43 Å². The Morgan fingerprint density at radius 2 is 2.00 bits per heavy atom. The Bertz CT molecular complexity index is 306. The van der Waals surface area contributed by atoms with Gasteiger partial charge in [0.2, 0.25) is 0 Å². The summed E-state index contributed by atoms with van der Waals surface area (Å²) in [6, 6.07) is 1.27. The van der Waals surface area contributed by atoms with Crippen LogP contribution in [0.15, 0.2) is 6.07 Å². The highest BCUT2D eigenvalue weighted by atomic mass is 127. The van der Waals surface area contributed by atoms with Gasteiger partial charge in [0.1, 0.15) is 15.1 Å². The predicted octanol–water partition coefficient (Wildman–Crippen LogP) is 2.93. The number of rotatable bonds is 1. The maximum absolute atomic E-state index is 12.1. The standard InChI is InChI=1S/C6H3F2I2NO/c7-5(8)4-3(12)1-2(9)6(10)11-4/h1,5,12H. The van der Waals surface area contributed by atoms with E-state index in [9.17, 15) is 8.78 Å². The second kappa shape index (κ2) is 3.99. The van der Waals surface area contributed by atoms with E-state index in [2.05, 4.69) is 4.98 Å². The van der Waals surface area contributed by atoms with Crippen LogP contribution < -0.4 is 0 Å². The van der Waals surface area contributed by atoms with Gasteiger partial charge < -0.3 is 5.11 Å². The van der Waals surface area contributed by atoms with E-state index in [0.717, 1.165) is 0 Å². The zero-order chi connectivity index (χ0) is 9.30. The summed E-state index contributed by atoms with van der Waals surface area (Å²) in [6.45, 7) is 0. The van der Waals surface area contributed by atoms with E-state index >= 15 is 0 Å². The first-order valence-electron chi connectivity index (χ1n) is 2.85. The fourth-order valence-electron chi connectivity index (χ4n) is 0.631. The molecular weight excluding hydrogens is 394 g/mol. The molecule has 66 valence electrons. The monoisotopic (exact) mass is 397 g/mol. The van der Waals surface area contributed by atoms with Crippen molar-refractivity contribution in [2.24, 2.45) is 0 Å². The highest BCUT2D eigenvalue weighted by molar-refractivity contribution is 14.1. The third-order valence-electron chi connectivity index (χ3n) is 1.15. The summed E-state index contributed by atoms with van der Waals surface area (Å²) in [5.74, 6) is -0.449. The molecule has 0 fully saturated rings. The van der Waals surface area contributed by atoms with Crippen LogP contribution in [0.3, 0.4) is 0 Å². The molecular formula is C6H3F2I2NO. The second-order valence-corrected chi connectivity index (χ2v) is 4.15. The Hall–Kier alpha value is 0.270. The van der Waals surface area contributed by atoms with Crippen molar-refractivity contribution in [1.82, 2.24) is 4.98 Å². The van der Waals surface area contributed by atoms with Gasteiger partial charge in [0.15, 0.2) is 0 Å². The van der Waals surface area contributed by atoms with Crippen LogP contribution in [-0.4, -0.2) is 10.1 Å². The number of hydrogen-bond donors (Lipinski definition) is 1. The number of hydrogen-bond acceptors (Lipinski definition) is 2. The topological polar surface area (TPSA) is 33.1 Å². The average Bonchev–Trinajstić information content (AvgIpc) is 1.96. The Morgan fingerprint density at radius 3 is 2.50 bits per heavy atom. The summed E-state index contributed by atoms with van der Waals surface area (Å²) < 4.78 is 25.4. The number of nitrogens with zero attached hydrogens (tertiary/aromatic N) is 1. The van der Waals surface area contributed by atoms with Gasteiger partial charge in [-0.15, -0.1) is 0 Å². The quantitative estimate of drug-likeness (QED) is 0.585. The Labute approximate surface area is 94.7 Å². The Balaban J connectivity index is 3.23. The summed E-state index contributed by atoms with van der Waals surface area (Å²) >= 11 is 3.75. The first kappa shape index (κ1) is 10.4. The SMILES string of the molecule is Oc1cc(I)c(I)nc1C(F)F. The molecule has 1 rings (SSSR count). The lowest BCUT2D eigenvalue weighted by atomic mass is 10.3. The van der Waals surface area contributed by atoms with Crippen LogP contribution in [0.5, 0.6) is 5.75 Å². The van der Waals surface area contributed by atoms with Gasteiger partial charge in [0.05, 0.1) is 0 Å². The van der Waals surface area contributed by atoms with Crippen molar-refractivity contribution in [3.63, 3.8) is 0 Å². The molecule has 6 heteroatoms. The molecule has 0 radical (unpaired) electrons. The first-order valence-corrected chi connectivity index (χ1v) is 5.01. The van der Waals surface area contributed by atoms with E-state index in [0.29, 0.717) is 7.27 Å². The fraction of sp³-hybridized carbons (Fsp3) is 0.167. The molecule has 12 heavy (non-hydrogen) atoms. The first-order chi connectivity index (χ1) is 5.52. The van der Waals surface area contributed by atoms with Gasteiger partial charge in [-0.2, -0.15) is 0 Å². The summed E-state index contributed by atoms with van der Waals surface area (Å²) in [5.41, 5.74) is -0.556. The van der Waals surface area contributed by atoms with Crippen LogP contribution in [0, 0.1) is 7.27 Å². The lowest BCUT2D eigenvalue weighted by Gasteiger charge is -2.03. The van der Waals surface area contributed by atoms with Crippen LogP contribution in [0.4, 0.5) is 8.78 Å². The molecule has 1 aromatic rings. The smallest absolute Gasteiger partial charge is 0.284 e. The minimum absolute atomic E-state index is 0.449. The highest BCUT2D eigenvalue weighted by Gasteiger charge is 2.16. The molecule has 0 unspecified atom stereocenters. The van der Waals surface area contributed by atoms with Crippen molar-refractivity contribution in [3.8, 4) is 5.75 Å². The Kier molecular flexibility index (Phi) is 3.44. The van der Waals surface area contributed by atoms with E-state index in [1.165, 1.54) is 6.07 Å². The predicted molar refractivity (Wildman–Crippen MR) is 56.3 cm³/mol. The summed E-state index contributed by atoms with van der Waals surface area (Å²) in [6.07, 6.45) is -2.73. The molecule has 0 aromatic carbocycles. The molecule has 0 atom stereocenters. The normalized spacial score (nSPS) is 10.8. The summed E-state index contributed by atoms with van der Waals surface area (Å²) in [5, 5.41) is 9.04. The second-order valence-electron chi connectivity index (χ2n) is 1.97. The lowest BCUT2D eigenvalue weighted by Crippen LogP contribution is -1.95. The van der Waals surface area contributed by atoms with Gasteiger partial charge >= 0.3 is 0 Å². The van der Waals surface area contributed by atoms with E-state index in [1.807, 2.05) is 45.2 Å². The zero-order valence-corrected chi connectivity index (χ0v) is 9.88. The highest BCUT2D eigenvalue weighted by Crippen LogP contribution is 2.29. The molecule has 0 aliphatic heterocycles. The van der Waals surface area contributed by atoms with E-state index in [-0.39, 0.29) is 0 Å². The largest absolute Gasteiger partial charge is 0.506 e. The molecule has 1 heterocycles. The van der Waals surface area contributed by atoms with Gasteiger partial charge in [-0.05, 0) is 51.2 Å². The lowest BCUT2D eigenvalue weighted by molar-refractivity contribution is 0.141. The van der Waals surface area contributed by atoms with Crippen LogP contribution in [0.2, 0.25) is 0 Å². The molecule has 1 aromatic heterocycles. The molecule has 0 aliphatic rings. The summed E-state index contributed by atoms with van der Waals surface area (Å²) in [7, 11) is 0. The van der Waals surface area contributed by atoms with Crippen molar-refractivity contribution < 1.29 is 13.9 Å². The molecule has 0 saturated carbocycles. The van der Waals surface area contributed by atoms with Gasteiger partial charge in [-0.3, -0.25) is 0 Å². The minimum atomic E-state index is -2.73. The maximum Gasteiger partial charge on any atom is 0.284 e. The van der Waals surface area contributed by atoms with Gasteiger partial charge in [0, 0.05) is 3.57 Å². The third kappa shape index (κ3) is 2.15. The zero-order valence-electron chi connectivity index (χ0n) is 5.56. The molecule has 0 spiro atoms. The molecule has 1 N–H and O–H groups in total. The van der Waals surface area contributed by atoms with Gasteiger partial charge in [-0.25, -0.2) is 13.8 Å². The van der Waals surface area contributed by atoms with Crippen molar-refractivity contribution in [2.75, 3.05) is 0 Å². The number of aromatic nitrogens is 1. The van der Waals surface area contributed by atoms with Crippen LogP contribution in [0.1, 0.15) is 12.1 Å². The van der Waals surface area contributed by atoms with E-state index in [1.54, 1.807) is 0 Å². The van der Waals surface area contributed by atoms with Gasteiger partial charge in [-0.1, -0.05) is 0 Å². The number of halogens is 4. The van der Waals surface area contributed by atoms with E-state index < -0.39 is 17.9 Å². The molecule has 0 amide bonds. The molecule has 0 bridgehead atoms. The van der Waals surface area contributed by atoms with Crippen molar-refractivity contribution >= 4 is 45.2 Å². The van der Waals surface area contributed by atoms with E-state index in [4.69, 9.17) is 5.11 Å². The minimum Gasteiger partial charge on any atom is -0.506 e. The number of alkyl halides is 2. The van der Waals surface area contributed by atoms with Crippen LogP contribution in [-0.2, 0) is 0 Å². The fourth-order valence-corrected chi connectivity index (χ4v) is 1.46. The molecule has 0 saturated heterocycles. The average molecular weight is 397 g/mol. The Morgan fingerprint density at radius 1 is 1.42 bits per heavy atom. The van der Waals surface area contributed by atoms with Crippen LogP contribution >= 0.6 is 45.2 Å². The van der Waals surface area contributed by atoms with Crippen LogP contribution in [0.25, 0.3) is 0 Å². The molecule has 2 nitrogen and oxygen atoms in total. The number of aromatic hydroxyl groups is 1. The van der Waals surface area contributed by atoms with Crippen molar-refractivity contribution in [1.29, 1.82) is 0 Å². The van der Waals surface area contributed by atoms with Crippen molar-refractivity contribution in [2.45, 2.75) is 6.43 Å². The maximum atomic E-state index is 12.1. The van der Waals surface area contributed by atoms with Crippen molar-refractivity contribution in [3.05, 3.63) is 19.0 Å².